The van der Waals surface area contributed by atoms with Crippen molar-refractivity contribution in [1.82, 2.24) is 4.98 Å². The number of fused-ring (bicyclic) bond motifs is 1. The van der Waals surface area contributed by atoms with Crippen molar-refractivity contribution in [2.45, 2.75) is 33.6 Å². The summed E-state index contributed by atoms with van der Waals surface area (Å²) >= 11 is 7.62. The summed E-state index contributed by atoms with van der Waals surface area (Å²) in [6.45, 7) is 8.30. The molecule has 0 radical (unpaired) electrons. The van der Waals surface area contributed by atoms with Gasteiger partial charge in [0.05, 0.1) is 15.2 Å². The van der Waals surface area contributed by atoms with E-state index in [1.807, 2.05) is 32.0 Å². The number of halogens is 1. The lowest BCUT2D eigenvalue weighted by Crippen LogP contribution is -1.82. The second kappa shape index (κ2) is 5.47. The second-order valence-corrected chi connectivity index (χ2v) is 4.82. The summed E-state index contributed by atoms with van der Waals surface area (Å²) in [5.41, 5.74) is 1.02. The lowest BCUT2D eigenvalue weighted by molar-refractivity contribution is 0.857. The molecule has 0 spiro atoms. The molecule has 0 aliphatic heterocycles. The highest BCUT2D eigenvalue weighted by molar-refractivity contribution is 7.18. The van der Waals surface area contributed by atoms with E-state index in [1.54, 1.807) is 11.3 Å². The predicted molar refractivity (Wildman–Crippen MR) is 70.1 cm³/mol. The highest BCUT2D eigenvalue weighted by Crippen LogP contribution is 2.28. The molecule has 82 valence electrons. The molecule has 2 rings (SSSR count). The van der Waals surface area contributed by atoms with Gasteiger partial charge in [0, 0.05) is 10.9 Å². The van der Waals surface area contributed by atoms with Crippen LogP contribution in [0.15, 0.2) is 18.2 Å². The van der Waals surface area contributed by atoms with E-state index in [4.69, 9.17) is 11.6 Å². The molecule has 0 saturated heterocycles. The maximum absolute atomic E-state index is 5.87. The Morgan fingerprint density at radius 1 is 1.27 bits per heavy atom. The molecule has 0 aliphatic carbocycles. The zero-order valence-electron chi connectivity index (χ0n) is 9.54. The van der Waals surface area contributed by atoms with Gasteiger partial charge in [0.2, 0.25) is 0 Å². The fourth-order valence-corrected chi connectivity index (χ4v) is 2.28. The monoisotopic (exact) mass is 241 g/mol. The lowest BCUT2D eigenvalue weighted by atomic mass is 10.2. The molecule has 0 amide bonds. The number of thiazole rings is 1. The second-order valence-electron chi connectivity index (χ2n) is 3.32. The highest BCUT2D eigenvalue weighted by Gasteiger charge is 2.06. The first-order valence-electron chi connectivity index (χ1n) is 5.23. The van der Waals surface area contributed by atoms with Gasteiger partial charge in [0.15, 0.2) is 0 Å². The molecule has 15 heavy (non-hydrogen) atoms. The van der Waals surface area contributed by atoms with Gasteiger partial charge in [-0.25, -0.2) is 4.98 Å². The Kier molecular flexibility index (Phi) is 4.55. The third kappa shape index (κ3) is 2.93. The molecule has 0 aliphatic rings. The Bertz CT molecular complexity index is 434. The molecule has 0 N–H and O–H groups in total. The molecule has 1 aromatic carbocycles. The minimum atomic E-state index is 0.496. The van der Waals surface area contributed by atoms with Crippen LogP contribution in [0, 0.1) is 0 Å². The Morgan fingerprint density at radius 2 is 1.93 bits per heavy atom. The summed E-state index contributed by atoms with van der Waals surface area (Å²) in [5, 5.41) is 1.94. The SMILES string of the molecule is CC.CC(C)c1nc2cc(Cl)ccc2s1. The van der Waals surface area contributed by atoms with E-state index in [1.165, 1.54) is 9.71 Å². The van der Waals surface area contributed by atoms with Crippen molar-refractivity contribution >= 4 is 33.2 Å². The van der Waals surface area contributed by atoms with E-state index < -0.39 is 0 Å². The van der Waals surface area contributed by atoms with Gasteiger partial charge in [-0.3, -0.25) is 0 Å². The van der Waals surface area contributed by atoms with Crippen molar-refractivity contribution in [1.29, 1.82) is 0 Å². The molecule has 1 heterocycles. The largest absolute Gasteiger partial charge is 0.241 e. The van der Waals surface area contributed by atoms with Gasteiger partial charge in [-0.2, -0.15) is 0 Å². The number of hydrogen-bond acceptors (Lipinski definition) is 2. The number of hydrogen-bond donors (Lipinski definition) is 0. The minimum Gasteiger partial charge on any atom is -0.241 e. The van der Waals surface area contributed by atoms with Gasteiger partial charge in [0.25, 0.3) is 0 Å². The van der Waals surface area contributed by atoms with Crippen LogP contribution in [0.2, 0.25) is 5.02 Å². The van der Waals surface area contributed by atoms with E-state index in [0.717, 1.165) is 10.5 Å². The zero-order valence-corrected chi connectivity index (χ0v) is 11.1. The van der Waals surface area contributed by atoms with Gasteiger partial charge in [0.1, 0.15) is 0 Å². The maximum Gasteiger partial charge on any atom is 0.0963 e. The quantitative estimate of drug-likeness (QED) is 0.677. The molecule has 1 nitrogen and oxygen atoms in total. The minimum absolute atomic E-state index is 0.496. The van der Waals surface area contributed by atoms with Crippen molar-refractivity contribution < 1.29 is 0 Å². The third-order valence-corrected chi connectivity index (χ3v) is 3.43. The molecule has 2 aromatic rings. The van der Waals surface area contributed by atoms with Gasteiger partial charge in [-0.1, -0.05) is 39.3 Å². The van der Waals surface area contributed by atoms with Crippen LogP contribution in [0.1, 0.15) is 38.6 Å². The molecule has 1 aromatic heterocycles. The molecule has 0 fully saturated rings. The topological polar surface area (TPSA) is 12.9 Å². The average Bonchev–Trinajstić information content (AvgIpc) is 2.63. The van der Waals surface area contributed by atoms with Crippen molar-refractivity contribution in [2.24, 2.45) is 0 Å². The maximum atomic E-state index is 5.87. The van der Waals surface area contributed by atoms with E-state index in [0.29, 0.717) is 5.92 Å². The van der Waals surface area contributed by atoms with Gasteiger partial charge in [-0.15, -0.1) is 11.3 Å². The van der Waals surface area contributed by atoms with Crippen LogP contribution in [0.3, 0.4) is 0 Å². The van der Waals surface area contributed by atoms with Crippen molar-refractivity contribution in [2.75, 3.05) is 0 Å². The average molecular weight is 242 g/mol. The number of rotatable bonds is 1. The number of nitrogens with zero attached hydrogens (tertiary/aromatic N) is 1. The van der Waals surface area contributed by atoms with Crippen LogP contribution >= 0.6 is 22.9 Å². The van der Waals surface area contributed by atoms with Crippen molar-refractivity contribution in [3.8, 4) is 0 Å². The van der Waals surface area contributed by atoms with E-state index in [-0.39, 0.29) is 0 Å². The molecular weight excluding hydrogens is 226 g/mol. The molecule has 0 saturated carbocycles. The highest BCUT2D eigenvalue weighted by atomic mass is 35.5. The van der Waals surface area contributed by atoms with Crippen LogP contribution in [0.4, 0.5) is 0 Å². The van der Waals surface area contributed by atoms with Crippen molar-refractivity contribution in [3.05, 3.63) is 28.2 Å². The first-order chi connectivity index (χ1) is 7.16. The van der Waals surface area contributed by atoms with Crippen molar-refractivity contribution in [3.63, 3.8) is 0 Å². The smallest absolute Gasteiger partial charge is 0.0963 e. The lowest BCUT2D eigenvalue weighted by Gasteiger charge is -1.94. The molecule has 0 atom stereocenters. The Hall–Kier alpha value is -0.600. The molecular formula is C12H16ClNS. The van der Waals surface area contributed by atoms with Crippen LogP contribution in [0.25, 0.3) is 10.2 Å². The number of benzene rings is 1. The Labute approximate surface area is 100 Å². The Balaban J connectivity index is 0.000000531. The fraction of sp³-hybridized carbons (Fsp3) is 0.417. The zero-order chi connectivity index (χ0) is 11.4. The summed E-state index contributed by atoms with van der Waals surface area (Å²) in [5.74, 6) is 0.496. The van der Waals surface area contributed by atoms with E-state index >= 15 is 0 Å². The Morgan fingerprint density at radius 3 is 2.53 bits per heavy atom. The third-order valence-electron chi connectivity index (χ3n) is 1.86. The van der Waals surface area contributed by atoms with Gasteiger partial charge < -0.3 is 0 Å². The van der Waals surface area contributed by atoms with E-state index in [9.17, 15) is 0 Å². The molecule has 0 unspecified atom stereocenters. The summed E-state index contributed by atoms with van der Waals surface area (Å²) in [6.07, 6.45) is 0. The molecule has 0 bridgehead atoms. The van der Waals surface area contributed by atoms with Gasteiger partial charge in [-0.05, 0) is 18.2 Å². The van der Waals surface area contributed by atoms with Crippen LogP contribution < -0.4 is 0 Å². The fourth-order valence-electron chi connectivity index (χ4n) is 1.17. The van der Waals surface area contributed by atoms with E-state index in [2.05, 4.69) is 18.8 Å². The van der Waals surface area contributed by atoms with Gasteiger partial charge >= 0.3 is 0 Å². The number of aromatic nitrogens is 1. The first kappa shape index (κ1) is 12.5. The summed E-state index contributed by atoms with van der Waals surface area (Å²) < 4.78 is 1.22. The summed E-state index contributed by atoms with van der Waals surface area (Å²) in [6, 6.07) is 5.85. The predicted octanol–water partition coefficient (Wildman–Crippen LogP) is 5.10. The summed E-state index contributed by atoms with van der Waals surface area (Å²) in [4.78, 5) is 4.51. The standard InChI is InChI=1S/C10H10ClNS.C2H6/c1-6(2)10-12-8-5-7(11)3-4-9(8)13-10;1-2/h3-6H,1-2H3;1-2H3. The summed E-state index contributed by atoms with van der Waals surface area (Å²) in [7, 11) is 0. The van der Waals surface area contributed by atoms with Crippen LogP contribution in [0.5, 0.6) is 0 Å². The normalized spacial score (nSPS) is 10.3. The van der Waals surface area contributed by atoms with Crippen LogP contribution in [-0.4, -0.2) is 4.98 Å². The first-order valence-corrected chi connectivity index (χ1v) is 6.42. The van der Waals surface area contributed by atoms with Crippen LogP contribution in [-0.2, 0) is 0 Å². The molecule has 3 heteroatoms.